The zero-order chi connectivity index (χ0) is 18.4. The van der Waals surface area contributed by atoms with Crippen LogP contribution in [0.3, 0.4) is 0 Å². The molecule has 0 unspecified atom stereocenters. The summed E-state index contributed by atoms with van der Waals surface area (Å²) in [6, 6.07) is 6.68. The lowest BCUT2D eigenvalue weighted by molar-refractivity contribution is -0.0425. The van der Waals surface area contributed by atoms with Crippen LogP contribution in [0.25, 0.3) is 0 Å². The van der Waals surface area contributed by atoms with Crippen molar-refractivity contribution in [3.8, 4) is 5.75 Å². The van der Waals surface area contributed by atoms with Gasteiger partial charge in [-0.2, -0.15) is 0 Å². The number of benzene rings is 1. The zero-order valence-corrected chi connectivity index (χ0v) is 15.1. The Morgan fingerprint density at radius 1 is 1.12 bits per heavy atom. The first kappa shape index (κ1) is 19.5. The molecule has 140 valence electrons. The first-order valence-electron chi connectivity index (χ1n) is 8.54. The van der Waals surface area contributed by atoms with Gasteiger partial charge in [0.05, 0.1) is 0 Å². The van der Waals surface area contributed by atoms with Crippen LogP contribution < -0.4 is 4.74 Å². The number of piperazine rings is 1. The van der Waals surface area contributed by atoms with E-state index >= 15 is 0 Å². The van der Waals surface area contributed by atoms with Crippen molar-refractivity contribution < 1.29 is 24.5 Å². The molecule has 1 amide bonds. The summed E-state index contributed by atoms with van der Waals surface area (Å²) in [7, 11) is 0. The maximum Gasteiger partial charge on any atom is 0.410 e. The molecule has 1 aliphatic heterocycles. The van der Waals surface area contributed by atoms with Crippen LogP contribution in [0.1, 0.15) is 32.6 Å². The highest BCUT2D eigenvalue weighted by atomic mass is 16.6. The highest BCUT2D eigenvalue weighted by molar-refractivity contribution is 5.68. The molecule has 2 rings (SSSR count). The largest absolute Gasteiger partial charge is 0.492 e. The van der Waals surface area contributed by atoms with Crippen molar-refractivity contribution in [1.29, 1.82) is 0 Å². The van der Waals surface area contributed by atoms with E-state index in [1.165, 1.54) is 0 Å². The summed E-state index contributed by atoms with van der Waals surface area (Å²) in [5.74, 6) is 0.691. The van der Waals surface area contributed by atoms with Crippen molar-refractivity contribution in [1.82, 2.24) is 9.80 Å². The maximum absolute atomic E-state index is 12.0. The molecule has 2 N–H and O–H groups in total. The fourth-order valence-electron chi connectivity index (χ4n) is 2.51. The van der Waals surface area contributed by atoms with Gasteiger partial charge in [0, 0.05) is 38.3 Å². The lowest BCUT2D eigenvalue weighted by atomic mass is 10.2. The van der Waals surface area contributed by atoms with Crippen LogP contribution in [-0.2, 0) is 4.74 Å². The molecule has 7 heteroatoms. The van der Waals surface area contributed by atoms with Gasteiger partial charge in [0.2, 0.25) is 0 Å². The molecule has 0 saturated carbocycles. The van der Waals surface area contributed by atoms with Crippen molar-refractivity contribution in [3.63, 3.8) is 0 Å². The number of hydrogen-bond acceptors (Lipinski definition) is 6. The monoisotopic (exact) mass is 352 g/mol. The van der Waals surface area contributed by atoms with Gasteiger partial charge in [0.25, 0.3) is 0 Å². The normalized spacial score (nSPS) is 16.2. The summed E-state index contributed by atoms with van der Waals surface area (Å²) in [6.07, 6.45) is -1.72. The van der Waals surface area contributed by atoms with E-state index in [0.29, 0.717) is 31.0 Å². The Morgan fingerprint density at radius 3 is 2.24 bits per heavy atom. The molecule has 0 aliphatic carbocycles. The number of carbonyl (C=O) groups is 1. The summed E-state index contributed by atoms with van der Waals surface area (Å²) in [4.78, 5) is 16.0. The average molecular weight is 352 g/mol. The molecule has 0 spiro atoms. The van der Waals surface area contributed by atoms with Crippen molar-refractivity contribution in [3.05, 3.63) is 29.8 Å². The van der Waals surface area contributed by atoms with E-state index in [-0.39, 0.29) is 6.09 Å². The molecule has 0 aromatic heterocycles. The second-order valence-electron chi connectivity index (χ2n) is 7.10. The van der Waals surface area contributed by atoms with E-state index in [1.54, 1.807) is 29.2 Å². The highest BCUT2D eigenvalue weighted by Crippen LogP contribution is 2.16. The first-order valence-corrected chi connectivity index (χ1v) is 8.54. The van der Waals surface area contributed by atoms with Gasteiger partial charge < -0.3 is 24.6 Å². The van der Waals surface area contributed by atoms with Crippen molar-refractivity contribution >= 4 is 6.09 Å². The number of ether oxygens (including phenoxy) is 2. The summed E-state index contributed by atoms with van der Waals surface area (Å²) in [5, 5.41) is 18.1. The minimum Gasteiger partial charge on any atom is -0.492 e. The van der Waals surface area contributed by atoms with Gasteiger partial charge in [-0.25, -0.2) is 4.79 Å². The summed E-state index contributed by atoms with van der Waals surface area (Å²) in [5.41, 5.74) is -0.0328. The van der Waals surface area contributed by atoms with Crippen LogP contribution >= 0.6 is 0 Å². The maximum atomic E-state index is 12.0. The zero-order valence-electron chi connectivity index (χ0n) is 15.1. The Hall–Kier alpha value is -1.83. The Bertz CT molecular complexity index is 546. The number of carbonyl (C=O) groups excluding carboxylic acids is 1. The van der Waals surface area contributed by atoms with E-state index in [0.717, 1.165) is 19.6 Å². The van der Waals surface area contributed by atoms with Gasteiger partial charge in [-0.15, -0.1) is 0 Å². The van der Waals surface area contributed by atoms with Gasteiger partial charge >= 0.3 is 6.09 Å². The predicted molar refractivity (Wildman–Crippen MR) is 93.4 cm³/mol. The number of rotatable bonds is 5. The Labute approximate surface area is 148 Å². The van der Waals surface area contributed by atoms with E-state index in [1.807, 2.05) is 20.8 Å². The minimum absolute atomic E-state index is 0.255. The van der Waals surface area contributed by atoms with Crippen LogP contribution in [0.2, 0.25) is 0 Å². The summed E-state index contributed by atoms with van der Waals surface area (Å²) in [6.45, 7) is 9.79. The highest BCUT2D eigenvalue weighted by Gasteiger charge is 2.25. The third kappa shape index (κ3) is 6.53. The fourth-order valence-corrected chi connectivity index (χ4v) is 2.51. The van der Waals surface area contributed by atoms with Crippen molar-refractivity contribution in [2.45, 2.75) is 32.7 Å². The molecular formula is C18H28N2O5. The van der Waals surface area contributed by atoms with Gasteiger partial charge in [-0.05, 0) is 32.9 Å². The summed E-state index contributed by atoms with van der Waals surface area (Å²) >= 11 is 0. The standard InChI is InChI=1S/C18H28N2O5/c1-18(2,3)25-17(23)20-10-8-19(9-11-20)12-13-24-15-6-4-14(5-7-15)16(21)22/h4-7,16,21-22H,8-13H2,1-3H3. The molecule has 25 heavy (non-hydrogen) atoms. The molecule has 0 atom stereocenters. The van der Waals surface area contributed by atoms with E-state index in [4.69, 9.17) is 19.7 Å². The number of aliphatic hydroxyl groups is 2. The molecule has 1 aromatic carbocycles. The van der Waals surface area contributed by atoms with Crippen LogP contribution in [0.4, 0.5) is 4.79 Å². The van der Waals surface area contributed by atoms with E-state index < -0.39 is 11.9 Å². The molecule has 1 fully saturated rings. The minimum atomic E-state index is -1.46. The quantitative estimate of drug-likeness (QED) is 0.784. The predicted octanol–water partition coefficient (Wildman–Crippen LogP) is 1.60. The fraction of sp³-hybridized carbons (Fsp3) is 0.611. The SMILES string of the molecule is CC(C)(C)OC(=O)N1CCN(CCOc2ccc(C(O)O)cc2)CC1. The topological polar surface area (TPSA) is 82.5 Å². The Kier molecular flexibility index (Phi) is 6.64. The lowest BCUT2D eigenvalue weighted by Gasteiger charge is -2.35. The van der Waals surface area contributed by atoms with Crippen LogP contribution in [0.15, 0.2) is 24.3 Å². The third-order valence-electron chi connectivity index (χ3n) is 3.88. The second-order valence-corrected chi connectivity index (χ2v) is 7.10. The number of nitrogens with zero attached hydrogens (tertiary/aromatic N) is 2. The molecular weight excluding hydrogens is 324 g/mol. The van der Waals surface area contributed by atoms with E-state index in [2.05, 4.69) is 4.90 Å². The molecule has 7 nitrogen and oxygen atoms in total. The molecule has 1 saturated heterocycles. The smallest absolute Gasteiger partial charge is 0.410 e. The van der Waals surface area contributed by atoms with Gasteiger partial charge in [-0.1, -0.05) is 12.1 Å². The second kappa shape index (κ2) is 8.51. The molecule has 1 heterocycles. The third-order valence-corrected chi connectivity index (χ3v) is 3.88. The lowest BCUT2D eigenvalue weighted by Crippen LogP contribution is -2.50. The van der Waals surface area contributed by atoms with Gasteiger partial charge in [-0.3, -0.25) is 4.90 Å². The number of amides is 1. The molecule has 1 aliphatic rings. The Balaban J connectivity index is 1.67. The van der Waals surface area contributed by atoms with Crippen molar-refractivity contribution in [2.24, 2.45) is 0 Å². The molecule has 0 bridgehead atoms. The summed E-state index contributed by atoms with van der Waals surface area (Å²) < 4.78 is 11.1. The van der Waals surface area contributed by atoms with Crippen LogP contribution in [0.5, 0.6) is 5.75 Å². The van der Waals surface area contributed by atoms with E-state index in [9.17, 15) is 4.79 Å². The molecule has 0 radical (unpaired) electrons. The molecule has 1 aromatic rings. The first-order chi connectivity index (χ1) is 11.7. The van der Waals surface area contributed by atoms with Crippen LogP contribution in [0, 0.1) is 0 Å². The van der Waals surface area contributed by atoms with Crippen LogP contribution in [-0.4, -0.2) is 71.0 Å². The number of aliphatic hydroxyl groups excluding tert-OH is 1. The number of hydrogen-bond donors (Lipinski definition) is 2. The Morgan fingerprint density at radius 2 is 1.72 bits per heavy atom. The average Bonchev–Trinajstić information content (AvgIpc) is 2.54. The van der Waals surface area contributed by atoms with Crippen molar-refractivity contribution in [2.75, 3.05) is 39.3 Å². The van der Waals surface area contributed by atoms with Gasteiger partial charge in [0.1, 0.15) is 18.0 Å². The van der Waals surface area contributed by atoms with Gasteiger partial charge in [0.15, 0.2) is 6.29 Å².